The van der Waals surface area contributed by atoms with E-state index in [2.05, 4.69) is 9.46 Å². The molecule has 0 fully saturated rings. The van der Waals surface area contributed by atoms with Crippen LogP contribution in [0.2, 0.25) is 5.02 Å². The van der Waals surface area contributed by atoms with Gasteiger partial charge in [-0.1, -0.05) is 25.4 Å². The minimum atomic E-state index is -3.94. The van der Waals surface area contributed by atoms with Gasteiger partial charge in [-0.15, -0.1) is 12.4 Å². The molecule has 0 aliphatic rings. The number of nitrogens with two attached hydrogens (primary N) is 1. The number of carbonyl (C=O) groups excluding carboxylic acids is 1. The summed E-state index contributed by atoms with van der Waals surface area (Å²) in [7, 11) is -2.76. The average Bonchev–Trinajstić information content (AvgIpc) is 2.44. The molecule has 0 aromatic heterocycles. The molecule has 6 nitrogen and oxygen atoms in total. The predicted molar refractivity (Wildman–Crippen MR) is 92.7 cm³/mol. The Hall–Kier alpha value is -0.860. The van der Waals surface area contributed by atoms with Gasteiger partial charge >= 0.3 is 5.97 Å². The van der Waals surface area contributed by atoms with Crippen molar-refractivity contribution in [1.29, 1.82) is 0 Å². The molecule has 1 atom stereocenters. The Labute approximate surface area is 148 Å². The van der Waals surface area contributed by atoms with Gasteiger partial charge < -0.3 is 10.5 Å². The summed E-state index contributed by atoms with van der Waals surface area (Å²) < 4.78 is 32.2. The highest BCUT2D eigenvalue weighted by Crippen LogP contribution is 2.22. The highest BCUT2D eigenvalue weighted by atomic mass is 35.5. The number of ether oxygens (including phenoxy) is 1. The number of hydrogen-bond acceptors (Lipinski definition) is 5. The van der Waals surface area contributed by atoms with E-state index in [1.165, 1.54) is 25.3 Å². The van der Waals surface area contributed by atoms with Crippen molar-refractivity contribution < 1.29 is 17.9 Å². The number of methoxy groups -OCH3 is 1. The van der Waals surface area contributed by atoms with Crippen LogP contribution in [-0.4, -0.2) is 34.1 Å². The van der Waals surface area contributed by atoms with Gasteiger partial charge in [-0.25, -0.2) is 17.9 Å². The quantitative estimate of drug-likeness (QED) is 0.702. The summed E-state index contributed by atoms with van der Waals surface area (Å²) in [6.45, 7) is 4.10. The lowest BCUT2D eigenvalue weighted by atomic mass is 10.1. The number of benzene rings is 1. The summed E-state index contributed by atoms with van der Waals surface area (Å²) in [6, 6.07) is 3.55. The molecule has 0 saturated heterocycles. The van der Waals surface area contributed by atoms with E-state index in [1.54, 1.807) is 0 Å². The first-order valence-corrected chi connectivity index (χ1v) is 8.67. The van der Waals surface area contributed by atoms with Crippen molar-refractivity contribution >= 4 is 40.0 Å². The second-order valence-electron chi connectivity index (χ2n) is 5.32. The number of halogens is 2. The minimum absolute atomic E-state index is 0. The van der Waals surface area contributed by atoms with E-state index in [9.17, 15) is 13.2 Å². The highest BCUT2D eigenvalue weighted by Gasteiger charge is 2.26. The third-order valence-electron chi connectivity index (χ3n) is 3.00. The maximum Gasteiger partial charge on any atom is 0.339 e. The predicted octanol–water partition coefficient (Wildman–Crippen LogP) is 2.20. The SMILES string of the molecule is COC(=O)c1ccc(Cl)cc1S(=O)(=O)NC(CN)CC(C)C.Cl. The molecular weight excluding hydrogens is 363 g/mol. The lowest BCUT2D eigenvalue weighted by Crippen LogP contribution is -2.41. The average molecular weight is 385 g/mol. The molecular formula is C14H22Cl2N2O4S. The molecule has 132 valence electrons. The van der Waals surface area contributed by atoms with E-state index in [4.69, 9.17) is 17.3 Å². The van der Waals surface area contributed by atoms with Crippen molar-refractivity contribution in [3.63, 3.8) is 0 Å². The number of sulfonamides is 1. The largest absolute Gasteiger partial charge is 0.465 e. The zero-order chi connectivity index (χ0) is 16.9. The number of nitrogens with one attached hydrogen (secondary N) is 1. The van der Waals surface area contributed by atoms with Crippen LogP contribution in [0.25, 0.3) is 0 Å². The maximum atomic E-state index is 12.5. The Morgan fingerprint density at radius 1 is 1.39 bits per heavy atom. The van der Waals surface area contributed by atoms with Crippen molar-refractivity contribution in [3.8, 4) is 0 Å². The second kappa shape index (κ2) is 9.44. The first kappa shape index (κ1) is 22.1. The topological polar surface area (TPSA) is 98.5 Å². The first-order valence-electron chi connectivity index (χ1n) is 6.81. The van der Waals surface area contributed by atoms with Gasteiger partial charge in [-0.3, -0.25) is 0 Å². The molecule has 0 radical (unpaired) electrons. The third kappa shape index (κ3) is 6.27. The number of rotatable bonds is 7. The Balaban J connectivity index is 0.00000484. The monoisotopic (exact) mass is 384 g/mol. The molecule has 3 N–H and O–H groups in total. The van der Waals surface area contributed by atoms with Crippen molar-refractivity contribution in [1.82, 2.24) is 4.72 Å². The minimum Gasteiger partial charge on any atom is -0.465 e. The molecule has 1 rings (SSSR count). The fourth-order valence-corrected chi connectivity index (χ4v) is 3.76. The van der Waals surface area contributed by atoms with E-state index in [0.29, 0.717) is 6.42 Å². The molecule has 0 aliphatic heterocycles. The zero-order valence-corrected chi connectivity index (χ0v) is 15.6. The van der Waals surface area contributed by atoms with Crippen LogP contribution in [0.3, 0.4) is 0 Å². The Kier molecular flexibility index (Phi) is 9.09. The van der Waals surface area contributed by atoms with Gasteiger partial charge in [-0.2, -0.15) is 0 Å². The standard InChI is InChI=1S/C14H21ClN2O4S.ClH/c1-9(2)6-11(8-16)17-22(19,20)13-7-10(15)4-5-12(13)14(18)21-3;/h4-5,7,9,11,17H,6,8,16H2,1-3H3;1H. The first-order chi connectivity index (χ1) is 10.2. The molecule has 9 heteroatoms. The lowest BCUT2D eigenvalue weighted by Gasteiger charge is -2.19. The van der Waals surface area contributed by atoms with Crippen LogP contribution in [0.15, 0.2) is 23.1 Å². The van der Waals surface area contributed by atoms with Gasteiger partial charge in [0.1, 0.15) is 0 Å². The normalized spacial score (nSPS) is 12.6. The van der Waals surface area contributed by atoms with Crippen molar-refractivity contribution in [3.05, 3.63) is 28.8 Å². The van der Waals surface area contributed by atoms with Crippen LogP contribution in [-0.2, 0) is 14.8 Å². The van der Waals surface area contributed by atoms with Crippen LogP contribution < -0.4 is 10.5 Å². The van der Waals surface area contributed by atoms with E-state index in [0.717, 1.165) is 0 Å². The third-order valence-corrected chi connectivity index (χ3v) is 4.80. The Bertz CT molecular complexity index is 636. The Morgan fingerprint density at radius 3 is 2.48 bits per heavy atom. The van der Waals surface area contributed by atoms with Gasteiger partial charge in [0.15, 0.2) is 0 Å². The molecule has 0 bridgehead atoms. The van der Waals surface area contributed by atoms with Crippen molar-refractivity contribution in [2.45, 2.75) is 31.2 Å². The zero-order valence-electron chi connectivity index (χ0n) is 13.2. The van der Waals surface area contributed by atoms with Crippen LogP contribution in [0, 0.1) is 5.92 Å². The lowest BCUT2D eigenvalue weighted by molar-refractivity contribution is 0.0596. The summed E-state index contributed by atoms with van der Waals surface area (Å²) in [5, 5.41) is 0.209. The fraction of sp³-hybridized carbons (Fsp3) is 0.500. The molecule has 0 spiro atoms. The number of hydrogen-bond donors (Lipinski definition) is 2. The van der Waals surface area contributed by atoms with Gasteiger partial charge in [0.2, 0.25) is 10.0 Å². The highest BCUT2D eigenvalue weighted by molar-refractivity contribution is 7.89. The number of carbonyl (C=O) groups is 1. The van der Waals surface area contributed by atoms with Crippen LogP contribution >= 0.6 is 24.0 Å². The second-order valence-corrected chi connectivity index (χ2v) is 7.43. The van der Waals surface area contributed by atoms with Crippen molar-refractivity contribution in [2.24, 2.45) is 11.7 Å². The summed E-state index contributed by atoms with van der Waals surface area (Å²) in [4.78, 5) is 11.5. The van der Waals surface area contributed by atoms with Gasteiger partial charge in [0.25, 0.3) is 0 Å². The molecule has 0 aliphatic carbocycles. The summed E-state index contributed by atoms with van der Waals surface area (Å²) in [6.07, 6.45) is 0.587. The molecule has 23 heavy (non-hydrogen) atoms. The van der Waals surface area contributed by atoms with Gasteiger partial charge in [-0.05, 0) is 30.5 Å². The molecule has 0 heterocycles. The van der Waals surface area contributed by atoms with E-state index < -0.39 is 22.0 Å². The van der Waals surface area contributed by atoms with Gasteiger partial charge in [0.05, 0.1) is 17.6 Å². The summed E-state index contributed by atoms with van der Waals surface area (Å²) >= 11 is 5.86. The van der Waals surface area contributed by atoms with Crippen LogP contribution in [0.5, 0.6) is 0 Å². The smallest absolute Gasteiger partial charge is 0.339 e. The van der Waals surface area contributed by atoms with Crippen molar-refractivity contribution in [2.75, 3.05) is 13.7 Å². The van der Waals surface area contributed by atoms with Crippen LogP contribution in [0.4, 0.5) is 0 Å². The maximum absolute atomic E-state index is 12.5. The van der Waals surface area contributed by atoms with Crippen LogP contribution in [0.1, 0.15) is 30.6 Å². The van der Waals surface area contributed by atoms with Gasteiger partial charge in [0, 0.05) is 17.6 Å². The molecule has 0 amide bonds. The van der Waals surface area contributed by atoms with E-state index in [1.807, 2.05) is 13.8 Å². The van der Waals surface area contributed by atoms with E-state index >= 15 is 0 Å². The molecule has 0 saturated carbocycles. The molecule has 1 aromatic carbocycles. The van der Waals surface area contributed by atoms with E-state index in [-0.39, 0.29) is 40.4 Å². The number of esters is 1. The molecule has 1 aromatic rings. The summed E-state index contributed by atoms with van der Waals surface area (Å²) in [5.74, 6) is -0.471. The Morgan fingerprint density at radius 2 is 2.00 bits per heavy atom. The molecule has 1 unspecified atom stereocenters. The summed E-state index contributed by atoms with van der Waals surface area (Å²) in [5.41, 5.74) is 5.55. The fourth-order valence-electron chi connectivity index (χ4n) is 2.04.